The highest BCUT2D eigenvalue weighted by atomic mass is 16.6. The summed E-state index contributed by atoms with van der Waals surface area (Å²) in [5, 5.41) is 16.8. The molecule has 7 heteroatoms. The summed E-state index contributed by atoms with van der Waals surface area (Å²) < 4.78 is 0. The quantitative estimate of drug-likeness (QED) is 0.405. The number of benzene rings is 1. The van der Waals surface area contributed by atoms with Crippen molar-refractivity contribution >= 4 is 17.3 Å². The van der Waals surface area contributed by atoms with E-state index >= 15 is 0 Å². The van der Waals surface area contributed by atoms with Crippen LogP contribution in [0.1, 0.15) is 32.8 Å². The third-order valence-corrected chi connectivity index (χ3v) is 3.53. The molecule has 0 saturated heterocycles. The number of nitrogens with one attached hydrogen (secondary N) is 2. The zero-order valence-electron chi connectivity index (χ0n) is 14.2. The van der Waals surface area contributed by atoms with Gasteiger partial charge < -0.3 is 16.4 Å². The fraction of sp³-hybridized carbons (Fsp3) is 0.562. The Morgan fingerprint density at radius 1 is 1.35 bits per heavy atom. The monoisotopic (exact) mass is 322 g/mol. The molecule has 0 fully saturated rings. The molecule has 0 aromatic heterocycles. The number of anilines is 1. The van der Waals surface area contributed by atoms with Gasteiger partial charge in [0.15, 0.2) is 0 Å². The number of amides is 1. The third kappa shape index (κ3) is 5.86. The fourth-order valence-electron chi connectivity index (χ4n) is 1.97. The highest BCUT2D eigenvalue weighted by molar-refractivity contribution is 5.82. The number of rotatable bonds is 7. The van der Waals surface area contributed by atoms with Crippen LogP contribution in [0, 0.1) is 22.5 Å². The van der Waals surface area contributed by atoms with Gasteiger partial charge in [0, 0.05) is 19.2 Å². The lowest BCUT2D eigenvalue weighted by Gasteiger charge is -2.25. The molecule has 0 saturated carbocycles. The van der Waals surface area contributed by atoms with Crippen molar-refractivity contribution in [3.8, 4) is 0 Å². The predicted octanol–water partition coefficient (Wildman–Crippen LogP) is 2.19. The van der Waals surface area contributed by atoms with E-state index in [0.29, 0.717) is 25.2 Å². The number of aryl methyl sites for hydroxylation is 1. The maximum atomic E-state index is 11.9. The van der Waals surface area contributed by atoms with Gasteiger partial charge in [0.2, 0.25) is 5.91 Å². The lowest BCUT2D eigenvalue weighted by atomic mass is 9.87. The molecule has 0 radical (unpaired) electrons. The van der Waals surface area contributed by atoms with Crippen molar-refractivity contribution in [2.24, 2.45) is 11.1 Å². The van der Waals surface area contributed by atoms with Crippen molar-refractivity contribution in [2.45, 2.75) is 40.2 Å². The average molecular weight is 322 g/mol. The Labute approximate surface area is 136 Å². The summed E-state index contributed by atoms with van der Waals surface area (Å²) in [5.41, 5.74) is 6.96. The summed E-state index contributed by atoms with van der Waals surface area (Å²) in [6.45, 7) is 8.54. The first-order valence-electron chi connectivity index (χ1n) is 7.65. The summed E-state index contributed by atoms with van der Waals surface area (Å²) in [4.78, 5) is 22.5. The van der Waals surface area contributed by atoms with Crippen LogP contribution in [0.2, 0.25) is 0 Å². The molecule has 0 aliphatic heterocycles. The number of hydrogen-bond donors (Lipinski definition) is 3. The van der Waals surface area contributed by atoms with Crippen molar-refractivity contribution < 1.29 is 9.72 Å². The molecule has 0 aliphatic rings. The van der Waals surface area contributed by atoms with Crippen molar-refractivity contribution in [3.05, 3.63) is 33.9 Å². The maximum absolute atomic E-state index is 11.9. The average Bonchev–Trinajstić information content (AvgIpc) is 2.46. The molecule has 1 aromatic carbocycles. The van der Waals surface area contributed by atoms with E-state index in [0.717, 1.165) is 5.56 Å². The zero-order valence-corrected chi connectivity index (χ0v) is 14.2. The second-order valence-electron chi connectivity index (χ2n) is 6.69. The maximum Gasteiger partial charge on any atom is 0.292 e. The molecule has 23 heavy (non-hydrogen) atoms. The van der Waals surface area contributed by atoms with E-state index < -0.39 is 11.0 Å². The molecule has 4 N–H and O–H groups in total. The van der Waals surface area contributed by atoms with Gasteiger partial charge in [-0.1, -0.05) is 26.8 Å². The second kappa shape index (κ2) is 7.92. The number of nitro groups is 1. The van der Waals surface area contributed by atoms with Crippen LogP contribution in [0.4, 0.5) is 11.4 Å². The number of nitrogens with two attached hydrogens (primary N) is 1. The predicted molar refractivity (Wildman–Crippen MR) is 91.4 cm³/mol. The number of carbonyl (C=O) groups is 1. The molecule has 1 aromatic rings. The molecular weight excluding hydrogens is 296 g/mol. The Morgan fingerprint density at radius 2 is 2.00 bits per heavy atom. The van der Waals surface area contributed by atoms with Crippen LogP contribution in [-0.2, 0) is 4.79 Å². The van der Waals surface area contributed by atoms with Gasteiger partial charge in [-0.2, -0.15) is 0 Å². The molecule has 1 atom stereocenters. The van der Waals surface area contributed by atoms with Crippen molar-refractivity contribution in [1.82, 2.24) is 5.32 Å². The first-order chi connectivity index (χ1) is 10.6. The Kier molecular flexibility index (Phi) is 6.50. The highest BCUT2D eigenvalue weighted by Gasteiger charge is 2.26. The van der Waals surface area contributed by atoms with Gasteiger partial charge in [0.25, 0.3) is 5.69 Å². The van der Waals surface area contributed by atoms with Crippen molar-refractivity contribution in [3.63, 3.8) is 0 Å². The number of carbonyl (C=O) groups excluding carboxylic acids is 1. The van der Waals surface area contributed by atoms with Crippen LogP contribution in [0.25, 0.3) is 0 Å². The van der Waals surface area contributed by atoms with E-state index in [1.165, 1.54) is 6.07 Å². The fourth-order valence-corrected chi connectivity index (χ4v) is 1.97. The third-order valence-electron chi connectivity index (χ3n) is 3.53. The Bertz CT molecular complexity index is 567. The summed E-state index contributed by atoms with van der Waals surface area (Å²) in [6, 6.07) is 4.49. The summed E-state index contributed by atoms with van der Waals surface area (Å²) in [6.07, 6.45) is 0.646. The summed E-state index contributed by atoms with van der Waals surface area (Å²) in [5.74, 6) is -0.182. The summed E-state index contributed by atoms with van der Waals surface area (Å²) in [7, 11) is 0. The lowest BCUT2D eigenvalue weighted by molar-refractivity contribution is -0.384. The van der Waals surface area contributed by atoms with E-state index in [9.17, 15) is 14.9 Å². The minimum atomic E-state index is -0.561. The minimum absolute atomic E-state index is 0.0591. The van der Waals surface area contributed by atoms with Crippen LogP contribution in [0.5, 0.6) is 0 Å². The first kappa shape index (κ1) is 18.9. The van der Waals surface area contributed by atoms with Crippen molar-refractivity contribution in [2.75, 3.05) is 18.4 Å². The lowest BCUT2D eigenvalue weighted by Crippen LogP contribution is -2.48. The standard InChI is InChI=1S/C16H26N4O3/c1-11-6-7-12(13(10-11)20(22)23)18-8-5-9-19-15(21)14(17)16(2,3)4/h6-7,10,14,18H,5,8-9,17H2,1-4H3,(H,19,21)/t14-/m1/s1. The molecule has 0 spiro atoms. The van der Waals surface area contributed by atoms with Crippen LogP contribution in [0.3, 0.4) is 0 Å². The number of hydrogen-bond acceptors (Lipinski definition) is 5. The second-order valence-corrected chi connectivity index (χ2v) is 6.69. The van der Waals surface area contributed by atoms with Gasteiger partial charge in [-0.25, -0.2) is 0 Å². The van der Waals surface area contributed by atoms with Crippen LogP contribution < -0.4 is 16.4 Å². The molecule has 0 heterocycles. The minimum Gasteiger partial charge on any atom is -0.379 e. The molecule has 0 unspecified atom stereocenters. The van der Waals surface area contributed by atoms with Gasteiger partial charge in [-0.15, -0.1) is 0 Å². The van der Waals surface area contributed by atoms with Gasteiger partial charge in [0.05, 0.1) is 11.0 Å². The zero-order chi connectivity index (χ0) is 17.6. The molecule has 1 rings (SSSR count). The van der Waals surface area contributed by atoms with E-state index in [2.05, 4.69) is 10.6 Å². The molecule has 128 valence electrons. The Balaban J connectivity index is 2.42. The smallest absolute Gasteiger partial charge is 0.292 e. The van der Waals surface area contributed by atoms with Crippen LogP contribution >= 0.6 is 0 Å². The van der Waals surface area contributed by atoms with Gasteiger partial charge >= 0.3 is 0 Å². The Hall–Kier alpha value is -2.15. The van der Waals surface area contributed by atoms with Crippen LogP contribution in [0.15, 0.2) is 18.2 Å². The van der Waals surface area contributed by atoms with Gasteiger partial charge in [-0.3, -0.25) is 14.9 Å². The molecule has 0 bridgehead atoms. The largest absolute Gasteiger partial charge is 0.379 e. The SMILES string of the molecule is Cc1ccc(NCCCNC(=O)[C@@H](N)C(C)(C)C)c([N+](=O)[O-])c1. The highest BCUT2D eigenvalue weighted by Crippen LogP contribution is 2.25. The topological polar surface area (TPSA) is 110 Å². The number of nitrogens with zero attached hydrogens (tertiary/aromatic N) is 1. The van der Waals surface area contributed by atoms with E-state index in [4.69, 9.17) is 5.73 Å². The van der Waals surface area contributed by atoms with E-state index in [-0.39, 0.29) is 17.0 Å². The number of nitro benzene ring substituents is 1. The molecular formula is C16H26N4O3. The normalized spacial score (nSPS) is 12.6. The Morgan fingerprint density at radius 3 is 2.57 bits per heavy atom. The molecule has 1 amide bonds. The van der Waals surface area contributed by atoms with E-state index in [1.54, 1.807) is 6.07 Å². The van der Waals surface area contributed by atoms with E-state index in [1.807, 2.05) is 33.8 Å². The first-order valence-corrected chi connectivity index (χ1v) is 7.65. The molecule has 0 aliphatic carbocycles. The van der Waals surface area contributed by atoms with Gasteiger partial charge in [-0.05, 0) is 30.4 Å². The summed E-state index contributed by atoms with van der Waals surface area (Å²) >= 11 is 0. The van der Waals surface area contributed by atoms with Crippen molar-refractivity contribution in [1.29, 1.82) is 0 Å². The molecule has 7 nitrogen and oxygen atoms in total. The van der Waals surface area contributed by atoms with Crippen LogP contribution in [-0.4, -0.2) is 30.0 Å². The van der Waals surface area contributed by atoms with Gasteiger partial charge in [0.1, 0.15) is 5.69 Å².